The van der Waals surface area contributed by atoms with Crippen molar-refractivity contribution in [1.29, 1.82) is 0 Å². The van der Waals surface area contributed by atoms with Crippen LogP contribution >= 0.6 is 0 Å². The molecule has 0 radical (unpaired) electrons. The van der Waals surface area contributed by atoms with Gasteiger partial charge in [0.05, 0.1) is 29.0 Å². The quantitative estimate of drug-likeness (QED) is 0.846. The van der Waals surface area contributed by atoms with E-state index in [1.165, 1.54) is 4.90 Å². The lowest BCUT2D eigenvalue weighted by molar-refractivity contribution is -0.135. The van der Waals surface area contributed by atoms with Crippen LogP contribution in [0.1, 0.15) is 24.2 Å². The molecule has 124 valence electrons. The molecule has 1 N–H and O–H groups in total. The Morgan fingerprint density at radius 1 is 1.17 bits per heavy atom. The molecule has 7 heteroatoms. The molecular formula is C17H18N4O3. The third-order valence-electron chi connectivity index (χ3n) is 4.74. The molecule has 0 unspecified atom stereocenters. The zero-order chi connectivity index (χ0) is 16.7. The van der Waals surface area contributed by atoms with E-state index in [4.69, 9.17) is 4.74 Å². The Balaban J connectivity index is 1.64. The molecule has 7 nitrogen and oxygen atoms in total. The second-order valence-electron chi connectivity index (χ2n) is 6.26. The number of benzene rings is 1. The van der Waals surface area contributed by atoms with Crippen LogP contribution in [-0.4, -0.2) is 45.6 Å². The molecule has 4 rings (SSSR count). The Kier molecular flexibility index (Phi) is 3.45. The molecule has 24 heavy (non-hydrogen) atoms. The largest absolute Gasteiger partial charge is 0.381 e. The third kappa shape index (κ3) is 2.32. The Bertz CT molecular complexity index is 830. The first kappa shape index (κ1) is 15.0. The first-order chi connectivity index (χ1) is 11.6. The molecule has 0 aliphatic carbocycles. The Morgan fingerprint density at radius 2 is 1.83 bits per heavy atom. The minimum absolute atomic E-state index is 0.136. The molecule has 2 fully saturated rings. The normalized spacial score (nSPS) is 20.0. The fourth-order valence-electron chi connectivity index (χ4n) is 3.30. The lowest BCUT2D eigenvalue weighted by atomic mass is 9.90. The van der Waals surface area contributed by atoms with Gasteiger partial charge in [-0.15, -0.1) is 0 Å². The number of ether oxygens (including phenoxy) is 1. The highest BCUT2D eigenvalue weighted by Gasteiger charge is 2.51. The molecule has 1 aromatic carbocycles. The molecule has 0 atom stereocenters. The Morgan fingerprint density at radius 3 is 2.54 bits per heavy atom. The average Bonchev–Trinajstić information content (AvgIpc) is 2.80. The third-order valence-corrected chi connectivity index (χ3v) is 4.74. The van der Waals surface area contributed by atoms with Crippen LogP contribution in [0, 0.1) is 6.92 Å². The van der Waals surface area contributed by atoms with Crippen molar-refractivity contribution < 1.29 is 14.3 Å². The zero-order valence-corrected chi connectivity index (χ0v) is 13.4. The van der Waals surface area contributed by atoms with Gasteiger partial charge < -0.3 is 10.1 Å². The molecule has 3 amide bonds. The van der Waals surface area contributed by atoms with Crippen LogP contribution in [0.2, 0.25) is 0 Å². The lowest BCUT2D eigenvalue weighted by Crippen LogP contribution is -2.51. The number of carbonyl (C=O) groups excluding carboxylic acids is 2. The van der Waals surface area contributed by atoms with Crippen LogP contribution in [0.3, 0.4) is 0 Å². The number of carbonyl (C=O) groups is 2. The van der Waals surface area contributed by atoms with E-state index in [0.717, 1.165) is 16.7 Å². The van der Waals surface area contributed by atoms with E-state index in [-0.39, 0.29) is 18.5 Å². The predicted molar refractivity (Wildman–Crippen MR) is 86.1 cm³/mol. The van der Waals surface area contributed by atoms with Crippen LogP contribution in [0.4, 0.5) is 4.79 Å². The second kappa shape index (κ2) is 5.52. The summed E-state index contributed by atoms with van der Waals surface area (Å²) in [6.07, 6.45) is 1.02. The summed E-state index contributed by atoms with van der Waals surface area (Å²) in [7, 11) is 0. The van der Waals surface area contributed by atoms with Gasteiger partial charge in [-0.05, 0) is 19.1 Å². The highest BCUT2D eigenvalue weighted by Crippen LogP contribution is 2.29. The van der Waals surface area contributed by atoms with Crippen molar-refractivity contribution in [2.75, 3.05) is 13.2 Å². The summed E-state index contributed by atoms with van der Waals surface area (Å²) < 4.78 is 5.32. The molecule has 1 aromatic heterocycles. The maximum Gasteiger partial charge on any atom is 0.325 e. The van der Waals surface area contributed by atoms with Crippen LogP contribution < -0.4 is 5.32 Å². The molecule has 3 heterocycles. The fraction of sp³-hybridized carbons (Fsp3) is 0.412. The number of nitrogens with zero attached hydrogens (tertiary/aromatic N) is 3. The first-order valence-electron chi connectivity index (χ1n) is 8.03. The molecule has 2 aliphatic heterocycles. The van der Waals surface area contributed by atoms with E-state index in [0.29, 0.717) is 31.7 Å². The molecule has 1 spiro atoms. The minimum atomic E-state index is -0.812. The standard InChI is InChI=1S/C17H18N4O3/c1-11-14(19-13-5-3-2-4-12(13)18-11)10-21-15(22)17(20-16(21)23)6-8-24-9-7-17/h2-5H,6-10H2,1H3,(H,20,23). The average molecular weight is 326 g/mol. The van der Waals surface area contributed by atoms with Gasteiger partial charge in [-0.2, -0.15) is 0 Å². The fourth-order valence-corrected chi connectivity index (χ4v) is 3.30. The smallest absolute Gasteiger partial charge is 0.325 e. The van der Waals surface area contributed by atoms with E-state index < -0.39 is 5.54 Å². The first-order valence-corrected chi connectivity index (χ1v) is 8.03. The monoisotopic (exact) mass is 326 g/mol. The van der Waals surface area contributed by atoms with E-state index in [1.807, 2.05) is 31.2 Å². The Labute approximate surface area is 139 Å². The predicted octanol–water partition coefficient (Wildman–Crippen LogP) is 1.54. The van der Waals surface area contributed by atoms with Gasteiger partial charge in [-0.25, -0.2) is 14.8 Å². The maximum atomic E-state index is 12.8. The van der Waals surface area contributed by atoms with Gasteiger partial charge in [-0.3, -0.25) is 9.69 Å². The zero-order valence-electron chi connectivity index (χ0n) is 13.4. The van der Waals surface area contributed by atoms with Crippen molar-refractivity contribution in [1.82, 2.24) is 20.2 Å². The van der Waals surface area contributed by atoms with E-state index in [9.17, 15) is 9.59 Å². The van der Waals surface area contributed by atoms with Gasteiger partial charge in [0.15, 0.2) is 0 Å². The summed E-state index contributed by atoms with van der Waals surface area (Å²) in [5.41, 5.74) is 2.11. The lowest BCUT2D eigenvalue weighted by Gasteiger charge is -2.30. The number of imide groups is 1. The summed E-state index contributed by atoms with van der Waals surface area (Å²) in [5.74, 6) is -0.190. The van der Waals surface area contributed by atoms with E-state index in [1.54, 1.807) is 0 Å². The highest BCUT2D eigenvalue weighted by molar-refractivity contribution is 6.07. The number of nitrogens with one attached hydrogen (secondary N) is 1. The Hall–Kier alpha value is -2.54. The highest BCUT2D eigenvalue weighted by atomic mass is 16.5. The van der Waals surface area contributed by atoms with Gasteiger partial charge in [0.25, 0.3) is 5.91 Å². The number of aromatic nitrogens is 2. The van der Waals surface area contributed by atoms with Crippen LogP contribution in [-0.2, 0) is 16.1 Å². The van der Waals surface area contributed by atoms with Gasteiger partial charge >= 0.3 is 6.03 Å². The minimum Gasteiger partial charge on any atom is -0.381 e. The summed E-state index contributed by atoms with van der Waals surface area (Å²) in [5, 5.41) is 2.86. The van der Waals surface area contributed by atoms with Crippen molar-refractivity contribution in [3.63, 3.8) is 0 Å². The van der Waals surface area contributed by atoms with Crippen molar-refractivity contribution in [2.24, 2.45) is 0 Å². The molecule has 0 saturated carbocycles. The SMILES string of the molecule is Cc1nc2ccccc2nc1CN1C(=O)NC2(CCOCC2)C1=O. The molecule has 0 bridgehead atoms. The topological polar surface area (TPSA) is 84.4 Å². The number of amides is 3. The van der Waals surface area contributed by atoms with Crippen LogP contribution in [0.15, 0.2) is 24.3 Å². The molecule has 2 saturated heterocycles. The molecule has 2 aliphatic rings. The summed E-state index contributed by atoms with van der Waals surface area (Å²) in [4.78, 5) is 35.5. The van der Waals surface area contributed by atoms with Crippen molar-refractivity contribution in [3.05, 3.63) is 35.7 Å². The van der Waals surface area contributed by atoms with E-state index in [2.05, 4.69) is 15.3 Å². The van der Waals surface area contributed by atoms with Crippen molar-refractivity contribution in [2.45, 2.75) is 31.8 Å². The van der Waals surface area contributed by atoms with E-state index >= 15 is 0 Å². The number of rotatable bonds is 2. The second-order valence-corrected chi connectivity index (χ2v) is 6.26. The number of hydrogen-bond donors (Lipinski definition) is 1. The number of urea groups is 1. The number of fused-ring (bicyclic) bond motifs is 1. The van der Waals surface area contributed by atoms with Crippen LogP contribution in [0.25, 0.3) is 11.0 Å². The van der Waals surface area contributed by atoms with Crippen LogP contribution in [0.5, 0.6) is 0 Å². The number of para-hydroxylation sites is 2. The maximum absolute atomic E-state index is 12.8. The van der Waals surface area contributed by atoms with Gasteiger partial charge in [0.1, 0.15) is 5.54 Å². The number of aryl methyl sites for hydroxylation is 1. The molecule has 2 aromatic rings. The van der Waals surface area contributed by atoms with Gasteiger partial charge in [0.2, 0.25) is 0 Å². The summed E-state index contributed by atoms with van der Waals surface area (Å²) in [6, 6.07) is 7.20. The van der Waals surface area contributed by atoms with Crippen molar-refractivity contribution in [3.8, 4) is 0 Å². The summed E-state index contributed by atoms with van der Waals surface area (Å²) >= 11 is 0. The van der Waals surface area contributed by atoms with Gasteiger partial charge in [0, 0.05) is 26.1 Å². The number of hydrogen-bond acceptors (Lipinski definition) is 5. The van der Waals surface area contributed by atoms with Crippen molar-refractivity contribution >= 4 is 23.0 Å². The van der Waals surface area contributed by atoms with Gasteiger partial charge in [-0.1, -0.05) is 12.1 Å². The summed E-state index contributed by atoms with van der Waals surface area (Å²) in [6.45, 7) is 2.94. The molecular weight excluding hydrogens is 308 g/mol.